The SMILES string of the molecule is COc1ccc(S(=O)(=O)Nc2ccc(C(=O)N3CCOC(C)C3)cc2)cc1. The molecule has 7 nitrogen and oxygen atoms in total. The summed E-state index contributed by atoms with van der Waals surface area (Å²) in [6.45, 7) is 3.54. The third kappa shape index (κ3) is 4.58. The second kappa shape index (κ2) is 7.98. The van der Waals surface area contributed by atoms with Crippen LogP contribution in [0, 0.1) is 0 Å². The molecule has 0 aliphatic carbocycles. The maximum absolute atomic E-state index is 12.5. The van der Waals surface area contributed by atoms with Crippen molar-refractivity contribution in [2.75, 3.05) is 31.5 Å². The predicted octanol–water partition coefficient (Wildman–Crippen LogP) is 2.36. The van der Waals surface area contributed by atoms with Gasteiger partial charge in [-0.05, 0) is 55.5 Å². The molecule has 1 saturated heterocycles. The zero-order chi connectivity index (χ0) is 19.4. The van der Waals surface area contributed by atoms with Crippen LogP contribution in [0.4, 0.5) is 5.69 Å². The third-order valence-corrected chi connectivity index (χ3v) is 5.68. The number of carbonyl (C=O) groups excluding carboxylic acids is 1. The van der Waals surface area contributed by atoms with E-state index in [9.17, 15) is 13.2 Å². The number of sulfonamides is 1. The third-order valence-electron chi connectivity index (χ3n) is 4.28. The Morgan fingerprint density at radius 3 is 2.41 bits per heavy atom. The van der Waals surface area contributed by atoms with Gasteiger partial charge in [0.15, 0.2) is 0 Å². The Morgan fingerprint density at radius 2 is 1.81 bits per heavy atom. The van der Waals surface area contributed by atoms with Gasteiger partial charge in [-0.25, -0.2) is 8.42 Å². The molecule has 8 heteroatoms. The molecule has 0 aromatic heterocycles. The van der Waals surface area contributed by atoms with Gasteiger partial charge in [0, 0.05) is 24.3 Å². The maximum Gasteiger partial charge on any atom is 0.261 e. The summed E-state index contributed by atoms with van der Waals surface area (Å²) in [4.78, 5) is 14.4. The number of anilines is 1. The van der Waals surface area contributed by atoms with Crippen molar-refractivity contribution in [3.05, 3.63) is 54.1 Å². The van der Waals surface area contributed by atoms with E-state index in [1.54, 1.807) is 41.3 Å². The number of nitrogens with one attached hydrogen (secondary N) is 1. The lowest BCUT2D eigenvalue weighted by Crippen LogP contribution is -2.44. The number of morpholine rings is 1. The average Bonchev–Trinajstić information content (AvgIpc) is 2.68. The number of hydrogen-bond donors (Lipinski definition) is 1. The molecule has 1 heterocycles. The number of nitrogens with zero attached hydrogens (tertiary/aromatic N) is 1. The van der Waals surface area contributed by atoms with Crippen LogP contribution in [0.15, 0.2) is 53.4 Å². The normalized spacial score (nSPS) is 17.4. The zero-order valence-electron chi connectivity index (χ0n) is 15.2. The topological polar surface area (TPSA) is 84.9 Å². The standard InChI is InChI=1S/C19H22N2O5S/c1-14-13-21(11-12-26-14)19(22)15-3-5-16(6-4-15)20-27(23,24)18-9-7-17(25-2)8-10-18/h3-10,14,20H,11-13H2,1-2H3. The van der Waals surface area contributed by atoms with Crippen molar-refractivity contribution in [3.63, 3.8) is 0 Å². The van der Waals surface area contributed by atoms with E-state index in [1.807, 2.05) is 6.92 Å². The summed E-state index contributed by atoms with van der Waals surface area (Å²) in [5, 5.41) is 0. The van der Waals surface area contributed by atoms with Crippen LogP contribution in [0.1, 0.15) is 17.3 Å². The number of rotatable bonds is 5. The van der Waals surface area contributed by atoms with E-state index in [-0.39, 0.29) is 16.9 Å². The first-order valence-electron chi connectivity index (χ1n) is 8.57. The fourth-order valence-corrected chi connectivity index (χ4v) is 3.89. The molecule has 1 aliphatic rings. The molecule has 0 spiro atoms. The van der Waals surface area contributed by atoms with E-state index < -0.39 is 10.0 Å². The molecule has 1 fully saturated rings. The lowest BCUT2D eigenvalue weighted by molar-refractivity contribution is -0.0124. The van der Waals surface area contributed by atoms with Gasteiger partial charge in [0.25, 0.3) is 15.9 Å². The van der Waals surface area contributed by atoms with Gasteiger partial charge >= 0.3 is 0 Å². The fourth-order valence-electron chi connectivity index (χ4n) is 2.84. The highest BCUT2D eigenvalue weighted by molar-refractivity contribution is 7.92. The van der Waals surface area contributed by atoms with E-state index in [1.165, 1.54) is 19.2 Å². The van der Waals surface area contributed by atoms with Gasteiger partial charge in [-0.2, -0.15) is 0 Å². The Labute approximate surface area is 158 Å². The molecule has 1 unspecified atom stereocenters. The zero-order valence-corrected chi connectivity index (χ0v) is 16.0. The smallest absolute Gasteiger partial charge is 0.261 e. The molecule has 3 rings (SSSR count). The molecular formula is C19H22N2O5S. The molecule has 0 bridgehead atoms. The van der Waals surface area contributed by atoms with Crippen LogP contribution >= 0.6 is 0 Å². The number of amides is 1. The quantitative estimate of drug-likeness (QED) is 0.847. The first kappa shape index (κ1) is 19.2. The summed E-state index contributed by atoms with van der Waals surface area (Å²) in [5.41, 5.74) is 0.897. The monoisotopic (exact) mass is 390 g/mol. The van der Waals surface area contributed by atoms with Crippen LogP contribution < -0.4 is 9.46 Å². The Balaban J connectivity index is 1.70. The van der Waals surface area contributed by atoms with Crippen molar-refractivity contribution in [2.45, 2.75) is 17.9 Å². The van der Waals surface area contributed by atoms with Crippen LogP contribution in [0.5, 0.6) is 5.75 Å². The van der Waals surface area contributed by atoms with Crippen molar-refractivity contribution < 1.29 is 22.7 Å². The number of benzene rings is 2. The first-order chi connectivity index (χ1) is 12.9. The minimum absolute atomic E-state index is 0.0123. The van der Waals surface area contributed by atoms with Gasteiger partial charge in [0.2, 0.25) is 0 Å². The van der Waals surface area contributed by atoms with Gasteiger partial charge in [0.05, 0.1) is 24.7 Å². The summed E-state index contributed by atoms with van der Waals surface area (Å²) >= 11 is 0. The minimum Gasteiger partial charge on any atom is -0.497 e. The van der Waals surface area contributed by atoms with Crippen LogP contribution in [-0.2, 0) is 14.8 Å². The van der Waals surface area contributed by atoms with Crippen molar-refractivity contribution in [3.8, 4) is 5.75 Å². The molecule has 1 atom stereocenters. The number of ether oxygens (including phenoxy) is 2. The highest BCUT2D eigenvalue weighted by atomic mass is 32.2. The predicted molar refractivity (Wildman–Crippen MR) is 102 cm³/mol. The summed E-state index contributed by atoms with van der Waals surface area (Å²) in [5.74, 6) is 0.490. The second-order valence-electron chi connectivity index (χ2n) is 6.29. The molecule has 1 aliphatic heterocycles. The molecular weight excluding hydrogens is 368 g/mol. The first-order valence-corrected chi connectivity index (χ1v) is 10.1. The maximum atomic E-state index is 12.5. The summed E-state index contributed by atoms with van der Waals surface area (Å²) < 4.78 is 37.9. The van der Waals surface area contributed by atoms with Crippen molar-refractivity contribution in [1.29, 1.82) is 0 Å². The lowest BCUT2D eigenvalue weighted by atomic mass is 10.1. The lowest BCUT2D eigenvalue weighted by Gasteiger charge is -2.31. The average molecular weight is 390 g/mol. The Hall–Kier alpha value is -2.58. The second-order valence-corrected chi connectivity index (χ2v) is 7.97. The molecule has 2 aromatic rings. The molecule has 0 saturated carbocycles. The van der Waals surface area contributed by atoms with Crippen LogP contribution in [-0.4, -0.2) is 52.1 Å². The minimum atomic E-state index is -3.72. The Morgan fingerprint density at radius 1 is 1.15 bits per heavy atom. The Kier molecular flexibility index (Phi) is 5.67. The molecule has 1 N–H and O–H groups in total. The van der Waals surface area contributed by atoms with E-state index in [4.69, 9.17) is 9.47 Å². The van der Waals surface area contributed by atoms with Gasteiger partial charge in [-0.3, -0.25) is 9.52 Å². The summed E-state index contributed by atoms with van der Waals surface area (Å²) in [6.07, 6.45) is 0.0123. The molecule has 0 radical (unpaired) electrons. The van der Waals surface area contributed by atoms with E-state index in [0.717, 1.165) is 0 Å². The molecule has 1 amide bonds. The van der Waals surface area contributed by atoms with Crippen molar-refractivity contribution in [2.24, 2.45) is 0 Å². The van der Waals surface area contributed by atoms with E-state index in [2.05, 4.69) is 4.72 Å². The highest BCUT2D eigenvalue weighted by Gasteiger charge is 2.22. The van der Waals surface area contributed by atoms with Gasteiger partial charge in [-0.1, -0.05) is 0 Å². The van der Waals surface area contributed by atoms with E-state index in [0.29, 0.717) is 36.7 Å². The fraction of sp³-hybridized carbons (Fsp3) is 0.316. The molecule has 2 aromatic carbocycles. The van der Waals surface area contributed by atoms with Crippen molar-refractivity contribution >= 4 is 21.6 Å². The van der Waals surface area contributed by atoms with E-state index >= 15 is 0 Å². The number of methoxy groups -OCH3 is 1. The summed E-state index contributed by atoms with van der Waals surface area (Å²) in [6, 6.07) is 12.5. The largest absolute Gasteiger partial charge is 0.497 e. The van der Waals surface area contributed by atoms with Crippen LogP contribution in [0.25, 0.3) is 0 Å². The number of hydrogen-bond acceptors (Lipinski definition) is 5. The Bertz CT molecular complexity index is 895. The van der Waals surface area contributed by atoms with Gasteiger partial charge < -0.3 is 14.4 Å². The van der Waals surface area contributed by atoms with Crippen LogP contribution in [0.2, 0.25) is 0 Å². The summed E-state index contributed by atoms with van der Waals surface area (Å²) in [7, 11) is -2.20. The number of carbonyl (C=O) groups is 1. The van der Waals surface area contributed by atoms with Crippen molar-refractivity contribution in [1.82, 2.24) is 4.90 Å². The highest BCUT2D eigenvalue weighted by Crippen LogP contribution is 2.20. The van der Waals surface area contributed by atoms with Gasteiger partial charge in [0.1, 0.15) is 5.75 Å². The van der Waals surface area contributed by atoms with Crippen LogP contribution in [0.3, 0.4) is 0 Å². The molecule has 27 heavy (non-hydrogen) atoms. The molecule has 144 valence electrons. The van der Waals surface area contributed by atoms with Gasteiger partial charge in [-0.15, -0.1) is 0 Å².